The summed E-state index contributed by atoms with van der Waals surface area (Å²) in [6.07, 6.45) is -16.2. The average Bonchev–Trinajstić information content (AvgIpc) is 1.59. The number of fused-ring (bicyclic) bond motifs is 5. The van der Waals surface area contributed by atoms with Crippen LogP contribution < -0.4 is 0 Å². The molecule has 0 spiro atoms. The van der Waals surface area contributed by atoms with Crippen LogP contribution in [0.4, 0.5) is 13.2 Å². The van der Waals surface area contributed by atoms with Crippen LogP contribution in [0.3, 0.4) is 0 Å². The highest BCUT2D eigenvalue weighted by Crippen LogP contribution is 2.47. The number of ether oxygens (including phenoxy) is 25. The van der Waals surface area contributed by atoms with Crippen LogP contribution in [-0.4, -0.2) is 503 Å². The van der Waals surface area contributed by atoms with Crippen molar-refractivity contribution in [3.8, 4) is 0 Å². The maximum Gasteiger partial charge on any atom is 0.523 e. The summed E-state index contributed by atoms with van der Waals surface area (Å²) in [4.78, 5) is 32.4. The minimum atomic E-state index is -5.86. The Morgan fingerprint density at radius 3 is 1.14 bits per heavy atom. The van der Waals surface area contributed by atoms with Crippen LogP contribution in [0.25, 0.3) is 0 Å². The summed E-state index contributed by atoms with van der Waals surface area (Å²) >= 11 is 0. The molecule has 38 radical (unpaired) electrons. The van der Waals surface area contributed by atoms with Gasteiger partial charge >= 0.3 is 33.5 Å². The molecule has 14 aliphatic rings. The van der Waals surface area contributed by atoms with Crippen molar-refractivity contribution in [3.05, 3.63) is 77.9 Å². The maximum absolute atomic E-state index is 12.7. The first-order valence-corrected chi connectivity index (χ1v) is 47.8. The first-order valence-electron chi connectivity index (χ1n) is 46.4. The predicted molar refractivity (Wildman–Crippen MR) is 562 cm³/mol. The Labute approximate surface area is 893 Å². The van der Waals surface area contributed by atoms with Gasteiger partial charge in [0, 0.05) is 264 Å². The number of alkyl halides is 3. The third-order valence-electron chi connectivity index (χ3n) is 21.5. The van der Waals surface area contributed by atoms with Crippen molar-refractivity contribution in [2.24, 2.45) is 0 Å². The number of hydrogen-bond donors (Lipinski definition) is 4. The molecular weight excluding hydrogens is 1910 g/mol. The summed E-state index contributed by atoms with van der Waals surface area (Å²) < 4.78 is 203. The second-order valence-corrected chi connectivity index (χ2v) is 39.5. The van der Waals surface area contributed by atoms with E-state index in [1.165, 1.54) is 41.7 Å². The van der Waals surface area contributed by atoms with Crippen molar-refractivity contribution >= 4 is 245 Å². The van der Waals surface area contributed by atoms with Crippen LogP contribution in [0, 0.1) is 0 Å². The molecule has 24 atom stereocenters. The summed E-state index contributed by atoms with van der Waals surface area (Å²) in [5.41, 5.74) is 16.0. The second-order valence-electron chi connectivity index (χ2n) is 38.0. The van der Waals surface area contributed by atoms with Gasteiger partial charge in [0.2, 0.25) is 6.29 Å². The van der Waals surface area contributed by atoms with Gasteiger partial charge in [0.15, 0.2) is 83.9 Å². The molecule has 35 nitrogen and oxygen atoms in total. The van der Waals surface area contributed by atoms with Crippen LogP contribution in [0.1, 0.15) is 157 Å². The quantitative estimate of drug-likeness (QED) is 0.0221. The van der Waals surface area contributed by atoms with Gasteiger partial charge in [0.1, 0.15) is 86.0 Å². The monoisotopic (exact) mass is 2030 g/mol. The van der Waals surface area contributed by atoms with E-state index in [-0.39, 0.29) is 94.2 Å². The van der Waals surface area contributed by atoms with Gasteiger partial charge in [-0.3, -0.25) is 18.6 Å². The third-order valence-corrected chi connectivity index (χ3v) is 22.6. The van der Waals surface area contributed by atoms with E-state index in [2.05, 4.69) is 97.6 Å². The van der Waals surface area contributed by atoms with Gasteiger partial charge in [-0.05, 0) is 166 Å². The topological polar surface area (TPSA) is 406 Å². The highest BCUT2D eigenvalue weighted by molar-refractivity contribution is 8.00. The molecule has 147 heavy (non-hydrogen) atoms. The van der Waals surface area contributed by atoms with Gasteiger partial charge in [-0.2, -0.15) is 21.6 Å². The Morgan fingerprint density at radius 1 is 0.429 bits per heavy atom. The molecule has 0 bridgehead atoms. The van der Waals surface area contributed by atoms with Gasteiger partial charge in [0.05, 0.1) is 57.5 Å². The fraction of sp³-hybridized carbons (Fsp3) is 0.795. The van der Waals surface area contributed by atoms with E-state index in [1.54, 1.807) is 27.7 Å². The molecule has 14 heterocycles. The third kappa shape index (κ3) is 47.5. The van der Waals surface area contributed by atoms with Crippen LogP contribution in [0.5, 0.6) is 0 Å². The van der Waals surface area contributed by atoms with Gasteiger partial charge < -0.3 is 139 Å². The summed E-state index contributed by atoms with van der Waals surface area (Å²) in [6, 6.07) is 0. The smallest absolute Gasteiger partial charge is 0.463 e. The number of halogens is 3. The molecule has 14 saturated heterocycles. The highest BCUT2D eigenvalue weighted by Gasteiger charge is 2.64. The first kappa shape index (κ1) is 138. The number of rotatable bonds is 20. The minimum Gasteiger partial charge on any atom is -0.463 e. The van der Waals surface area contributed by atoms with Crippen molar-refractivity contribution < 1.29 is 179 Å². The number of carbonyl (C=O) groups is 3. The van der Waals surface area contributed by atoms with E-state index in [0.29, 0.717) is 26.1 Å². The Bertz CT molecular complexity index is 4360. The molecule has 0 aliphatic carbocycles. The normalized spacial score (nSPS) is 31.2. The van der Waals surface area contributed by atoms with E-state index in [9.17, 15) is 46.2 Å². The molecule has 4 N–H and O–H groups in total. The van der Waals surface area contributed by atoms with E-state index >= 15 is 0 Å². The lowest BCUT2D eigenvalue weighted by molar-refractivity contribution is -0.232. The van der Waals surface area contributed by atoms with E-state index in [1.807, 2.05) is 69.2 Å². The van der Waals surface area contributed by atoms with E-state index in [4.69, 9.17) is 252 Å². The van der Waals surface area contributed by atoms with Gasteiger partial charge in [0.25, 0.3) is 0 Å². The zero-order valence-electron chi connectivity index (χ0n) is 86.6. The summed E-state index contributed by atoms with van der Waals surface area (Å²) in [6.45, 7) is 46.0. The van der Waals surface area contributed by atoms with Crippen molar-refractivity contribution in [1.29, 1.82) is 0 Å². The van der Waals surface area contributed by atoms with Crippen molar-refractivity contribution in [2.75, 3.05) is 39.6 Å². The van der Waals surface area contributed by atoms with Crippen molar-refractivity contribution in [2.45, 2.75) is 357 Å². The Kier molecular flexibility index (Phi) is 58.1. The lowest BCUT2D eigenvalue weighted by Crippen LogP contribution is -2.62. The van der Waals surface area contributed by atoms with Crippen LogP contribution in [-0.2, 0) is 147 Å². The number of esters is 3. The van der Waals surface area contributed by atoms with E-state index < -0.39 is 223 Å². The largest absolute Gasteiger partial charge is 0.523 e. The highest BCUT2D eigenvalue weighted by atomic mass is 32.2. The van der Waals surface area contributed by atoms with Crippen LogP contribution in [0.2, 0.25) is 0 Å². The fourth-order valence-electron chi connectivity index (χ4n) is 15.3. The van der Waals surface area contributed by atoms with E-state index in [0.717, 1.165) is 19.9 Å². The Balaban J connectivity index is 0.000000424. The van der Waals surface area contributed by atoms with Gasteiger partial charge in [-0.15, -0.1) is 0 Å². The molecule has 14 aliphatic heterocycles. The maximum atomic E-state index is 12.7. The molecule has 0 saturated carbocycles. The fourth-order valence-corrected chi connectivity index (χ4v) is 15.9. The summed E-state index contributed by atoms with van der Waals surface area (Å²) in [5.74, 6) is -7.13. The number of hydrogen-bond acceptors (Lipinski definition) is 35. The molecule has 0 aromatic carbocycles. The van der Waals surface area contributed by atoms with Gasteiger partial charge in [-0.1, -0.05) is 22.9 Å². The summed E-state index contributed by atoms with van der Waals surface area (Å²) in [7, 11) is 89.2. The molecule has 0 amide bonds. The van der Waals surface area contributed by atoms with Crippen molar-refractivity contribution in [1.82, 2.24) is 0 Å². The van der Waals surface area contributed by atoms with Crippen LogP contribution >= 0.6 is 0 Å². The molecule has 0 aromatic heterocycles. The first-order chi connectivity index (χ1) is 67.7. The predicted octanol–water partition coefficient (Wildman–Crippen LogP) is -5.38. The molecule has 0 aromatic rings. The zero-order chi connectivity index (χ0) is 113. The number of aliphatic hydroxyl groups is 4. The second kappa shape index (κ2) is 62.0. The Hall–Kier alpha value is -3.48. The van der Waals surface area contributed by atoms with Crippen molar-refractivity contribution in [3.63, 3.8) is 0 Å². The number of aliphatic hydroxyl groups excluding tert-OH is 4. The molecule has 10 unspecified atom stereocenters. The average molecular weight is 2020 g/mol. The molecule has 14 fully saturated rings. The SMILES string of the molecule is C=C=C=C=C=C.C=C=C=C=C=C=C.CC(=O)OC[C@@H]1C[C@@H](OC(C)=O)C(OC(C)=O)O1.CC1(C)OC2O[C@H](C(O)CO)C[C@H]2O1.CC1(C)OC2O[C@H](CO)C[C@H]2O1.CC1(C)OCC([C@@H]2C[C@H]3OC(C)(C)OC3O2)O1.CC1(C)OCC([C@H]2OC3OC(C)(C)O[C@@H]3[C@@H]2O)O1.CC1(C)OCC([C@H]2OC3OC(C)(C)O[C@@H]3[C@@H]2OS(=O)(=O)C(F)(F)F)O1.[B]B([B])B(B([B])[B])B([B])[B].[B]B([B])B([B])B([B])[B].[B][B]B(B([B])[B])B([B])[B].[B][B][B]. The minimum absolute atomic E-state index is 0.00264. The van der Waals surface area contributed by atoms with Crippen LogP contribution in [0.15, 0.2) is 77.9 Å². The molecule has 69 heteroatoms. The lowest BCUT2D eigenvalue weighted by Gasteiger charge is -2.28. The molecular formula is C78H113B30F3O35S. The molecule has 752 valence electrons. The summed E-state index contributed by atoms with van der Waals surface area (Å²) in [5, 5.41) is 37.2. The standard InChI is InChI=1S/C13H19F3O8S.C12H20O6.C12H20O5.C11H16O7.C9H16O5.C8H14O4.C7H4.C6H4.B10.B9.B8.B3/c1-11(2)19-5-6(21-11)7-8(24-25(17,18)13(14,15)16)9-10(20-7)23-12(3,4)22-9;1-11(2)14-5-6(16-11)8-7(13)9-10(15-8)18-12(3,4)17-9;1-11(2)13-6-9(16-11)7-5-8-10(14-7)17-12(3,4)15-8;1-6(12)15-5-9-4-10(16-7(2)13)11(18-9)17-8(3)14;1-9(2)13-7-3-6(5(11)4-10)12-8(7)14-9;1-8(2)11-6-3-5(4-9)10-7(6)12-8;1-3-5-7-6-4-2;1-3-5-6-4-2;1-7(2)10(8(3)4)9(5)6;1-6-9(7(2)3)8(4)5;1-6(2)8(5)7(3)4;1-3-2/h6-10H,5H2,1-4H3;6-10,13H,5H2,1-4H3;7-10H,5-6H2,1-4H3;9-11H,4-5H2,1-3H3;5-8,10-11H,3-4H2,1-2H3;5-7,9H,3-4H2,1-2H3;1-2H2;1-2H2;;;;/t2*6?,7-,8-,9-,10?;7-,8+,9?,10?;9-,10+,11?;5?,6-,7+,8?;5-,6+,7?;;;;;;/m110000....../s1. The van der Waals surface area contributed by atoms with Gasteiger partial charge in [-0.25, -0.2) is 0 Å². The Morgan fingerprint density at radius 2 is 0.803 bits per heavy atom. The lowest BCUT2D eigenvalue weighted by atomic mass is 8.58. The number of carbonyl (C=O) groups excluding carboxylic acids is 3. The zero-order valence-corrected chi connectivity index (χ0v) is 87.4. The molecule has 14 rings (SSSR count).